The third-order valence-electron chi connectivity index (χ3n) is 5.81. The van der Waals surface area contributed by atoms with Crippen molar-refractivity contribution in [2.75, 3.05) is 18.1 Å². The highest BCUT2D eigenvalue weighted by Crippen LogP contribution is 2.37. The van der Waals surface area contributed by atoms with Crippen LogP contribution in [-0.2, 0) is 4.79 Å². The van der Waals surface area contributed by atoms with E-state index in [0.717, 1.165) is 46.3 Å². The predicted octanol–water partition coefficient (Wildman–Crippen LogP) is 4.43. The second-order valence-corrected chi connectivity index (χ2v) is 9.93. The molecule has 0 spiro atoms. The molecule has 0 bridgehead atoms. The highest BCUT2D eigenvalue weighted by atomic mass is 79.9. The average Bonchev–Trinajstić information content (AvgIpc) is 3.47. The van der Waals surface area contributed by atoms with Crippen LogP contribution in [0.4, 0.5) is 5.69 Å². The summed E-state index contributed by atoms with van der Waals surface area (Å²) in [4.78, 5) is 33.2. The Labute approximate surface area is 208 Å². The lowest BCUT2D eigenvalue weighted by Crippen LogP contribution is -2.32. The van der Waals surface area contributed by atoms with Gasteiger partial charge in [-0.1, -0.05) is 47.0 Å². The van der Waals surface area contributed by atoms with Gasteiger partial charge in [0.1, 0.15) is 10.3 Å². The first kappa shape index (κ1) is 22.7. The zero-order valence-corrected chi connectivity index (χ0v) is 21.3. The smallest absolute Gasteiger partial charge is 0.291 e. The van der Waals surface area contributed by atoms with E-state index in [2.05, 4.69) is 32.9 Å². The lowest BCUT2D eigenvalue weighted by molar-refractivity contribution is -0.113. The van der Waals surface area contributed by atoms with Crippen LogP contribution < -0.4 is 19.7 Å². The van der Waals surface area contributed by atoms with Crippen molar-refractivity contribution in [1.29, 1.82) is 0 Å². The number of ether oxygens (including phenoxy) is 1. The molecular weight excluding hydrogens is 516 g/mol. The summed E-state index contributed by atoms with van der Waals surface area (Å²) in [6, 6.07) is 13.2. The Morgan fingerprint density at radius 1 is 1.06 bits per heavy atom. The Bertz CT molecular complexity index is 1490. The fourth-order valence-corrected chi connectivity index (χ4v) is 5.45. The Balaban J connectivity index is 1.51. The molecule has 2 aromatic carbocycles. The number of carbonyl (C=O) groups excluding carboxylic acids is 1. The van der Waals surface area contributed by atoms with Crippen molar-refractivity contribution in [1.82, 2.24) is 14.6 Å². The fourth-order valence-electron chi connectivity index (χ4n) is 4.09. The minimum Gasteiger partial charge on any atom is -0.494 e. The number of fused-ring (bicyclic) bond motifs is 2. The number of unbranched alkanes of at least 4 members (excludes halogenated alkanes) is 2. The quantitative estimate of drug-likeness (QED) is 0.325. The third-order valence-corrected chi connectivity index (χ3v) is 7.33. The molecule has 0 atom stereocenters. The Hall–Kier alpha value is -3.04. The van der Waals surface area contributed by atoms with E-state index in [0.29, 0.717) is 34.0 Å². The largest absolute Gasteiger partial charge is 0.494 e. The summed E-state index contributed by atoms with van der Waals surface area (Å²) in [5, 5.41) is 4.44. The highest BCUT2D eigenvalue weighted by Gasteiger charge is 2.33. The van der Waals surface area contributed by atoms with Crippen molar-refractivity contribution < 1.29 is 9.53 Å². The number of halogens is 1. The normalized spacial score (nSPS) is 14.8. The fraction of sp³-hybridized carbons (Fsp3) is 0.280. The summed E-state index contributed by atoms with van der Waals surface area (Å²) < 4.78 is 8.26. The first-order valence-corrected chi connectivity index (χ1v) is 12.9. The minimum atomic E-state index is -0.332. The predicted molar refractivity (Wildman–Crippen MR) is 137 cm³/mol. The van der Waals surface area contributed by atoms with Crippen LogP contribution in [0.3, 0.4) is 0 Å². The number of nitrogens with zero attached hydrogens (tertiary/aromatic N) is 4. The molecule has 2 aromatic heterocycles. The molecule has 0 fully saturated rings. The first-order valence-electron chi connectivity index (χ1n) is 11.3. The number of anilines is 1. The number of benzene rings is 2. The zero-order chi connectivity index (χ0) is 23.8. The molecule has 4 aromatic rings. The van der Waals surface area contributed by atoms with Crippen LogP contribution in [0, 0.1) is 0 Å². The van der Waals surface area contributed by atoms with Crippen LogP contribution >= 0.6 is 27.3 Å². The Kier molecular flexibility index (Phi) is 6.22. The third kappa shape index (κ3) is 3.92. The van der Waals surface area contributed by atoms with Gasteiger partial charge in [0.2, 0.25) is 4.96 Å². The summed E-state index contributed by atoms with van der Waals surface area (Å²) in [5.74, 6) is 1.09. The first-order chi connectivity index (χ1) is 16.5. The summed E-state index contributed by atoms with van der Waals surface area (Å²) >= 11 is 4.67. The van der Waals surface area contributed by atoms with Crippen LogP contribution in [-0.4, -0.2) is 33.7 Å². The molecule has 9 heteroatoms. The Morgan fingerprint density at radius 2 is 1.85 bits per heavy atom. The van der Waals surface area contributed by atoms with Crippen LogP contribution in [0.25, 0.3) is 21.9 Å². The van der Waals surface area contributed by atoms with E-state index in [9.17, 15) is 9.59 Å². The number of rotatable bonds is 7. The number of hydrogen-bond donors (Lipinski definition) is 0. The maximum Gasteiger partial charge on any atom is 0.291 e. The molecule has 3 heterocycles. The van der Waals surface area contributed by atoms with Gasteiger partial charge in [-0.15, -0.1) is 5.10 Å². The van der Waals surface area contributed by atoms with Crippen molar-refractivity contribution in [2.45, 2.75) is 33.1 Å². The van der Waals surface area contributed by atoms with Crippen molar-refractivity contribution in [3.05, 3.63) is 67.4 Å². The van der Waals surface area contributed by atoms with Gasteiger partial charge in [-0.3, -0.25) is 9.59 Å². The molecule has 0 saturated carbocycles. The van der Waals surface area contributed by atoms with Gasteiger partial charge in [0, 0.05) is 22.1 Å². The van der Waals surface area contributed by atoms with Gasteiger partial charge >= 0.3 is 0 Å². The van der Waals surface area contributed by atoms with Crippen molar-refractivity contribution in [3.8, 4) is 17.1 Å². The summed E-state index contributed by atoms with van der Waals surface area (Å²) in [6.07, 6.45) is 3.34. The number of hydrogen-bond acceptors (Lipinski definition) is 6. The average molecular weight is 539 g/mol. The van der Waals surface area contributed by atoms with Crippen molar-refractivity contribution >= 4 is 49.4 Å². The van der Waals surface area contributed by atoms with Gasteiger partial charge in [-0.2, -0.15) is 9.50 Å². The molecule has 0 N–H and O–H groups in total. The molecular formula is C25H23BrN4O3S. The van der Waals surface area contributed by atoms with E-state index in [1.165, 1.54) is 15.9 Å². The summed E-state index contributed by atoms with van der Waals surface area (Å²) in [7, 11) is 0. The van der Waals surface area contributed by atoms with Crippen molar-refractivity contribution in [3.63, 3.8) is 0 Å². The van der Waals surface area contributed by atoms with Crippen LogP contribution in [0.2, 0.25) is 0 Å². The van der Waals surface area contributed by atoms with E-state index < -0.39 is 0 Å². The van der Waals surface area contributed by atoms with Crippen LogP contribution in [0.5, 0.6) is 5.75 Å². The van der Waals surface area contributed by atoms with E-state index in [4.69, 9.17) is 4.74 Å². The second kappa shape index (κ2) is 9.31. The van der Waals surface area contributed by atoms with Gasteiger partial charge < -0.3 is 9.64 Å². The number of carbonyl (C=O) groups is 1. The molecule has 34 heavy (non-hydrogen) atoms. The van der Waals surface area contributed by atoms with Gasteiger partial charge in [0.05, 0.1) is 17.9 Å². The van der Waals surface area contributed by atoms with Crippen molar-refractivity contribution in [2.24, 2.45) is 0 Å². The molecule has 0 aliphatic carbocycles. The van der Waals surface area contributed by atoms with E-state index in [-0.39, 0.29) is 11.5 Å². The maximum absolute atomic E-state index is 13.3. The second-order valence-electron chi connectivity index (χ2n) is 8.03. The topological polar surface area (TPSA) is 76.8 Å². The molecule has 5 rings (SSSR count). The molecule has 0 radical (unpaired) electrons. The lowest BCUT2D eigenvalue weighted by Gasteiger charge is -2.13. The maximum atomic E-state index is 13.3. The van der Waals surface area contributed by atoms with E-state index >= 15 is 0 Å². The van der Waals surface area contributed by atoms with E-state index in [1.807, 2.05) is 49.4 Å². The molecule has 0 unspecified atom stereocenters. The molecule has 7 nitrogen and oxygen atoms in total. The molecule has 1 aliphatic heterocycles. The number of amides is 1. The monoisotopic (exact) mass is 538 g/mol. The molecule has 1 aliphatic rings. The number of likely N-dealkylation sites (N-methyl/N-ethyl adjacent to an activating group) is 1. The zero-order valence-electron chi connectivity index (χ0n) is 18.9. The van der Waals surface area contributed by atoms with Crippen LogP contribution in [0.1, 0.15) is 38.7 Å². The van der Waals surface area contributed by atoms with Crippen LogP contribution in [0.15, 0.2) is 51.7 Å². The van der Waals surface area contributed by atoms with Gasteiger partial charge in [-0.25, -0.2) is 0 Å². The van der Waals surface area contributed by atoms with Gasteiger partial charge in [0.25, 0.3) is 11.5 Å². The number of thiazole rings is 1. The van der Waals surface area contributed by atoms with E-state index in [1.54, 1.807) is 4.90 Å². The standard InChI is InChI=1S/C25H23BrN4O3S/c1-3-5-6-13-33-17-10-7-15(8-11-17)22-27-25-30(28-22)24(32)21(34-25)20-18-14-16(26)9-12-19(18)29(4-2)23(20)31/h7-12,14H,3-6,13H2,1-2H3. The van der Waals surface area contributed by atoms with Gasteiger partial charge in [-0.05, 0) is 55.8 Å². The Morgan fingerprint density at radius 3 is 2.56 bits per heavy atom. The van der Waals surface area contributed by atoms with Gasteiger partial charge in [0.15, 0.2) is 5.82 Å². The number of aromatic nitrogens is 3. The molecule has 0 saturated heterocycles. The SMILES string of the molecule is CCCCCOc1ccc(-c2nc3sc(=C4C(=O)N(CC)c5ccc(Br)cc54)c(=O)n3n2)cc1. The summed E-state index contributed by atoms with van der Waals surface area (Å²) in [6.45, 7) is 5.30. The summed E-state index contributed by atoms with van der Waals surface area (Å²) in [5.41, 5.74) is 2.43. The molecule has 1 amide bonds. The lowest BCUT2D eigenvalue weighted by atomic mass is 10.1. The molecule has 174 valence electrons. The minimum absolute atomic E-state index is 0.174. The highest BCUT2D eigenvalue weighted by molar-refractivity contribution is 9.10.